The molecule has 3 fully saturated rings. The molecule has 0 aromatic heterocycles. The highest BCUT2D eigenvalue weighted by atomic mass is 16.3. The van der Waals surface area contributed by atoms with Gasteiger partial charge in [-0.15, -0.1) is 0 Å². The Kier molecular flexibility index (Phi) is 2.36. The van der Waals surface area contributed by atoms with Crippen LogP contribution in [0, 0.1) is 34.5 Å². The van der Waals surface area contributed by atoms with Crippen molar-refractivity contribution in [3.05, 3.63) is 0 Å². The van der Waals surface area contributed by atoms with E-state index in [0.717, 1.165) is 6.42 Å². The number of aliphatic hydroxyl groups excluding tert-OH is 1. The molecule has 0 saturated heterocycles. The molecule has 100 valence electrons. The lowest BCUT2D eigenvalue weighted by Gasteiger charge is -2.48. The zero-order valence-electron chi connectivity index (χ0n) is 11.4. The quantitative estimate of drug-likeness (QED) is 0.772. The SMILES string of the molecule is C[C@@H]1CCC(=O)[C@H]2CC(=O)[C@@H]3[C@@H]([C@]3(C)CO)[C@@]12C. The molecule has 3 heteroatoms. The van der Waals surface area contributed by atoms with Gasteiger partial charge in [0.25, 0.3) is 0 Å². The van der Waals surface area contributed by atoms with Crippen molar-refractivity contribution in [2.24, 2.45) is 34.5 Å². The van der Waals surface area contributed by atoms with Crippen LogP contribution < -0.4 is 0 Å². The van der Waals surface area contributed by atoms with Crippen molar-refractivity contribution in [1.82, 2.24) is 0 Å². The Hall–Kier alpha value is -0.700. The van der Waals surface area contributed by atoms with Gasteiger partial charge in [0, 0.05) is 36.7 Å². The monoisotopic (exact) mass is 250 g/mol. The summed E-state index contributed by atoms with van der Waals surface area (Å²) in [6.45, 7) is 6.48. The van der Waals surface area contributed by atoms with Gasteiger partial charge in [0.15, 0.2) is 0 Å². The van der Waals surface area contributed by atoms with E-state index in [1.54, 1.807) is 0 Å². The molecule has 0 bridgehead atoms. The summed E-state index contributed by atoms with van der Waals surface area (Å²) >= 11 is 0. The highest BCUT2D eigenvalue weighted by Crippen LogP contribution is 2.74. The Bertz CT molecular complexity index is 429. The van der Waals surface area contributed by atoms with E-state index in [-0.39, 0.29) is 46.8 Å². The van der Waals surface area contributed by atoms with Gasteiger partial charge in [-0.2, -0.15) is 0 Å². The molecule has 3 rings (SSSR count). The van der Waals surface area contributed by atoms with Crippen LogP contribution in [-0.2, 0) is 9.59 Å². The summed E-state index contributed by atoms with van der Waals surface area (Å²) in [4.78, 5) is 24.4. The first-order valence-corrected chi connectivity index (χ1v) is 7.03. The fourth-order valence-corrected chi connectivity index (χ4v) is 5.10. The standard InChI is InChI=1S/C15H22O3/c1-8-4-5-10(17)9-6-11(18)12-13(15(8,9)3)14(12,2)7-16/h8-9,12-13,16H,4-7H2,1-3H3/t8-,9-,12-,13+,14-,15+/m1/s1. The average molecular weight is 250 g/mol. The van der Waals surface area contributed by atoms with Crippen LogP contribution in [0.5, 0.6) is 0 Å². The first-order valence-electron chi connectivity index (χ1n) is 7.03. The number of ketones is 2. The molecule has 6 atom stereocenters. The minimum atomic E-state index is -0.271. The lowest BCUT2D eigenvalue weighted by atomic mass is 9.54. The van der Waals surface area contributed by atoms with Gasteiger partial charge < -0.3 is 5.11 Å². The van der Waals surface area contributed by atoms with Crippen LogP contribution in [0.4, 0.5) is 0 Å². The van der Waals surface area contributed by atoms with Gasteiger partial charge in [-0.1, -0.05) is 20.8 Å². The minimum absolute atomic E-state index is 0.00269. The van der Waals surface area contributed by atoms with E-state index in [9.17, 15) is 14.7 Å². The van der Waals surface area contributed by atoms with E-state index in [1.165, 1.54) is 0 Å². The van der Waals surface area contributed by atoms with Crippen molar-refractivity contribution >= 4 is 11.6 Å². The molecule has 0 radical (unpaired) electrons. The molecule has 0 spiro atoms. The number of rotatable bonds is 1. The maximum Gasteiger partial charge on any atom is 0.137 e. The van der Waals surface area contributed by atoms with Crippen LogP contribution >= 0.6 is 0 Å². The molecule has 0 aromatic rings. The largest absolute Gasteiger partial charge is 0.396 e. The highest BCUT2D eigenvalue weighted by molar-refractivity contribution is 5.94. The van der Waals surface area contributed by atoms with Crippen molar-refractivity contribution in [3.8, 4) is 0 Å². The predicted octanol–water partition coefficient (Wildman–Crippen LogP) is 1.83. The van der Waals surface area contributed by atoms with Crippen LogP contribution in [-0.4, -0.2) is 23.3 Å². The Balaban J connectivity index is 2.05. The maximum atomic E-state index is 12.2. The van der Waals surface area contributed by atoms with Gasteiger partial charge in [0.2, 0.25) is 0 Å². The third-order valence-electron chi connectivity index (χ3n) is 6.43. The van der Waals surface area contributed by atoms with Gasteiger partial charge in [-0.3, -0.25) is 9.59 Å². The number of hydrogen-bond donors (Lipinski definition) is 1. The number of fused-ring (bicyclic) bond motifs is 3. The molecule has 0 amide bonds. The van der Waals surface area contributed by atoms with Crippen LogP contribution in [0.3, 0.4) is 0 Å². The number of carbonyl (C=O) groups is 2. The van der Waals surface area contributed by atoms with Crippen LogP contribution in [0.2, 0.25) is 0 Å². The van der Waals surface area contributed by atoms with Gasteiger partial charge in [-0.05, 0) is 23.7 Å². The lowest BCUT2D eigenvalue weighted by molar-refractivity contribution is -0.144. The van der Waals surface area contributed by atoms with Crippen LogP contribution in [0.25, 0.3) is 0 Å². The third kappa shape index (κ3) is 1.19. The Morgan fingerprint density at radius 3 is 2.56 bits per heavy atom. The van der Waals surface area contributed by atoms with E-state index in [2.05, 4.69) is 13.8 Å². The summed E-state index contributed by atoms with van der Waals surface area (Å²) in [6.07, 6.45) is 1.98. The van der Waals surface area contributed by atoms with Crippen LogP contribution in [0.1, 0.15) is 40.0 Å². The van der Waals surface area contributed by atoms with Gasteiger partial charge in [0.1, 0.15) is 11.6 Å². The molecule has 3 nitrogen and oxygen atoms in total. The average Bonchev–Trinajstić information content (AvgIpc) is 2.98. The molecule has 1 N–H and O–H groups in total. The fraction of sp³-hybridized carbons (Fsp3) is 0.867. The Morgan fingerprint density at radius 1 is 1.28 bits per heavy atom. The molecule has 3 aliphatic rings. The van der Waals surface area contributed by atoms with Gasteiger partial charge in [0.05, 0.1) is 0 Å². The fourth-order valence-electron chi connectivity index (χ4n) is 5.10. The van der Waals surface area contributed by atoms with Gasteiger partial charge >= 0.3 is 0 Å². The normalized spacial score (nSPS) is 54.9. The summed E-state index contributed by atoms with van der Waals surface area (Å²) in [5, 5.41) is 9.63. The molecule has 0 aliphatic heterocycles. The molecule has 18 heavy (non-hydrogen) atoms. The summed E-state index contributed by atoms with van der Waals surface area (Å²) in [6, 6.07) is 0. The van der Waals surface area contributed by atoms with E-state index < -0.39 is 0 Å². The van der Waals surface area contributed by atoms with Crippen molar-refractivity contribution in [3.63, 3.8) is 0 Å². The smallest absolute Gasteiger partial charge is 0.137 e. The second-order valence-corrected chi connectivity index (χ2v) is 7.11. The molecule has 0 aromatic carbocycles. The van der Waals surface area contributed by atoms with E-state index >= 15 is 0 Å². The van der Waals surface area contributed by atoms with Crippen molar-refractivity contribution in [1.29, 1.82) is 0 Å². The second-order valence-electron chi connectivity index (χ2n) is 7.11. The van der Waals surface area contributed by atoms with Gasteiger partial charge in [-0.25, -0.2) is 0 Å². The minimum Gasteiger partial charge on any atom is -0.396 e. The second kappa shape index (κ2) is 3.44. The number of aliphatic hydroxyl groups is 1. The number of hydrogen-bond acceptors (Lipinski definition) is 3. The van der Waals surface area contributed by atoms with Crippen molar-refractivity contribution in [2.75, 3.05) is 6.61 Å². The zero-order valence-corrected chi connectivity index (χ0v) is 11.4. The molecular weight excluding hydrogens is 228 g/mol. The summed E-state index contributed by atoms with van der Waals surface area (Å²) in [5.41, 5.74) is -0.349. The summed E-state index contributed by atoms with van der Waals surface area (Å²) in [5.74, 6) is 1.06. The Morgan fingerprint density at radius 2 is 1.94 bits per heavy atom. The van der Waals surface area contributed by atoms with E-state index in [4.69, 9.17) is 0 Å². The first kappa shape index (κ1) is 12.3. The highest BCUT2D eigenvalue weighted by Gasteiger charge is 2.75. The molecule has 0 unspecified atom stereocenters. The summed E-state index contributed by atoms with van der Waals surface area (Å²) < 4.78 is 0. The Labute approximate surface area is 108 Å². The van der Waals surface area contributed by atoms with Crippen molar-refractivity contribution < 1.29 is 14.7 Å². The molecular formula is C15H22O3. The predicted molar refractivity (Wildman–Crippen MR) is 66.8 cm³/mol. The topological polar surface area (TPSA) is 54.4 Å². The maximum absolute atomic E-state index is 12.2. The van der Waals surface area contributed by atoms with E-state index in [1.807, 2.05) is 6.92 Å². The third-order valence-corrected chi connectivity index (χ3v) is 6.43. The first-order chi connectivity index (χ1) is 8.37. The lowest BCUT2D eigenvalue weighted by Crippen LogP contribution is -2.49. The molecule has 0 heterocycles. The summed E-state index contributed by atoms with van der Waals surface area (Å²) in [7, 11) is 0. The van der Waals surface area contributed by atoms with E-state index in [0.29, 0.717) is 18.8 Å². The number of carbonyl (C=O) groups excluding carboxylic acids is 2. The van der Waals surface area contributed by atoms with Crippen LogP contribution in [0.15, 0.2) is 0 Å². The zero-order chi connectivity index (χ0) is 13.3. The molecule has 3 saturated carbocycles. The van der Waals surface area contributed by atoms with Crippen molar-refractivity contribution in [2.45, 2.75) is 40.0 Å². The molecule has 3 aliphatic carbocycles. The number of Topliss-reactive ketones (excluding diaryl/α,β-unsaturated/α-hetero) is 2.